The molecule has 0 radical (unpaired) electrons. The van der Waals surface area contributed by atoms with Crippen LogP contribution in [-0.2, 0) is 59.0 Å². The molecule has 2 spiro atoms. The first-order chi connectivity index (χ1) is 32.0. The standard InChI is InChI=1S/C23H16ClF4N3O3.C22H17F4N3O2.CO2/c24-20(33)15-8-22(9-15)21(34)30(18-6-3-14(10-29)7-17(18)25)12-19(32)31(22)11-13-1-4-16(5-2-13)23(26,27)28;23-17-10-15(11-27)4-7-18(17)28-13-19(30)29(21(20(28)31)8-1-9-21)12-14-2-5-16(6-3-14)22(24,25)26;2-1-3/h1-7,15H,8-9,11-12H2;2-7,10H,1,8-9,12-13H2;. The molecule has 4 aliphatic rings. The summed E-state index contributed by atoms with van der Waals surface area (Å²) in [6.45, 7) is -1.07. The number of hydrogen-bond donors (Lipinski definition) is 0. The van der Waals surface area contributed by atoms with Gasteiger partial charge in [0.25, 0.3) is 11.8 Å². The number of anilines is 2. The Morgan fingerprint density at radius 2 is 1.00 bits per heavy atom. The Morgan fingerprint density at radius 1 is 0.632 bits per heavy atom. The smallest absolute Gasteiger partial charge is 0.322 e. The van der Waals surface area contributed by atoms with Crippen LogP contribution in [-0.4, -0.2) is 69.0 Å². The molecule has 4 amide bonds. The maximum atomic E-state index is 14.6. The number of alkyl halides is 6. The normalized spacial score (nSPS) is 19.7. The molecule has 22 heteroatoms. The third-order valence-electron chi connectivity index (χ3n) is 12.2. The van der Waals surface area contributed by atoms with E-state index < -0.39 is 87.5 Å². The molecule has 0 aromatic heterocycles. The van der Waals surface area contributed by atoms with E-state index in [0.29, 0.717) is 30.4 Å². The minimum absolute atomic E-state index is 0.00754. The number of piperazine rings is 2. The second kappa shape index (κ2) is 19.4. The third kappa shape index (κ3) is 9.81. The molecule has 4 aromatic rings. The van der Waals surface area contributed by atoms with E-state index >= 15 is 0 Å². The van der Waals surface area contributed by atoms with Crippen LogP contribution in [0.4, 0.5) is 46.5 Å². The van der Waals surface area contributed by atoms with Gasteiger partial charge in [-0.05, 0) is 115 Å². The van der Waals surface area contributed by atoms with Gasteiger partial charge in [-0.1, -0.05) is 24.3 Å². The van der Waals surface area contributed by atoms with Crippen molar-refractivity contribution in [3.05, 3.63) is 130 Å². The number of carbonyl (C=O) groups is 5. The molecular formula is C46H33ClF8N6O7. The van der Waals surface area contributed by atoms with Crippen molar-refractivity contribution in [2.75, 3.05) is 22.9 Å². The maximum Gasteiger partial charge on any atom is 0.416 e. The summed E-state index contributed by atoms with van der Waals surface area (Å²) in [5.74, 6) is -4.36. The van der Waals surface area contributed by atoms with E-state index in [0.717, 1.165) is 46.2 Å². The lowest BCUT2D eigenvalue weighted by molar-refractivity contribution is -0.191. The summed E-state index contributed by atoms with van der Waals surface area (Å²) in [6.07, 6.45) is -7.42. The number of hydrogen-bond acceptors (Lipinski definition) is 9. The summed E-state index contributed by atoms with van der Waals surface area (Å²) in [4.78, 5) is 85.6. The Hall–Kier alpha value is -7.48. The highest BCUT2D eigenvalue weighted by Gasteiger charge is 2.62. The van der Waals surface area contributed by atoms with E-state index in [-0.39, 0.29) is 61.1 Å². The molecule has 4 fully saturated rings. The molecule has 13 nitrogen and oxygen atoms in total. The van der Waals surface area contributed by atoms with Crippen LogP contribution in [0.2, 0.25) is 0 Å². The van der Waals surface area contributed by atoms with Gasteiger partial charge in [-0.15, -0.1) is 0 Å². The SMILES string of the molecule is N#Cc1ccc(N2CC(=O)N(Cc3ccc(C(F)(F)F)cc3)C3(CC(C(=O)Cl)C3)C2=O)c(F)c1.N#Cc1ccc(N2CC(=O)N(Cc3ccc(C(F)(F)F)cc3)C3(CCC3)C2=O)c(F)c1.O=C=O. The Balaban J connectivity index is 0.000000213. The van der Waals surface area contributed by atoms with Crippen LogP contribution in [0.25, 0.3) is 0 Å². The molecule has 2 aliphatic heterocycles. The Bertz CT molecular complexity index is 2770. The van der Waals surface area contributed by atoms with Crippen molar-refractivity contribution in [3.8, 4) is 12.1 Å². The van der Waals surface area contributed by atoms with Gasteiger partial charge in [0.2, 0.25) is 17.1 Å². The molecule has 0 N–H and O–H groups in total. The Labute approximate surface area is 385 Å². The molecule has 0 atom stereocenters. The summed E-state index contributed by atoms with van der Waals surface area (Å²) in [5.41, 5.74) is -3.59. The molecule has 8 rings (SSSR count). The second-order valence-electron chi connectivity index (χ2n) is 16.1. The van der Waals surface area contributed by atoms with E-state index in [4.69, 9.17) is 31.7 Å². The van der Waals surface area contributed by atoms with Crippen molar-refractivity contribution < 1.29 is 68.7 Å². The second-order valence-corrected chi connectivity index (χ2v) is 16.5. The lowest BCUT2D eigenvalue weighted by Gasteiger charge is -2.56. The van der Waals surface area contributed by atoms with E-state index in [2.05, 4.69) is 0 Å². The van der Waals surface area contributed by atoms with Crippen molar-refractivity contribution in [1.82, 2.24) is 9.80 Å². The number of rotatable bonds is 7. The van der Waals surface area contributed by atoms with Crippen molar-refractivity contribution >= 4 is 58.0 Å². The predicted molar refractivity (Wildman–Crippen MR) is 219 cm³/mol. The monoisotopic (exact) mass is 968 g/mol. The van der Waals surface area contributed by atoms with Gasteiger partial charge >= 0.3 is 18.5 Å². The topological polar surface area (TPSA) is 180 Å². The van der Waals surface area contributed by atoms with Crippen molar-refractivity contribution in [2.24, 2.45) is 5.92 Å². The number of amides is 4. The third-order valence-corrected chi connectivity index (χ3v) is 12.5. The van der Waals surface area contributed by atoms with Crippen LogP contribution < -0.4 is 9.80 Å². The fourth-order valence-corrected chi connectivity index (χ4v) is 8.68. The van der Waals surface area contributed by atoms with Crippen LogP contribution in [0, 0.1) is 40.2 Å². The molecule has 0 unspecified atom stereocenters. The molecule has 4 aromatic carbocycles. The highest BCUT2D eigenvalue weighted by atomic mass is 35.5. The van der Waals surface area contributed by atoms with Gasteiger partial charge in [0.15, 0.2) is 0 Å². The summed E-state index contributed by atoms with van der Waals surface area (Å²) in [5, 5.41) is 17.2. The van der Waals surface area contributed by atoms with E-state index in [9.17, 15) is 59.1 Å². The van der Waals surface area contributed by atoms with Crippen LogP contribution in [0.5, 0.6) is 0 Å². The Morgan fingerprint density at radius 3 is 1.31 bits per heavy atom. The van der Waals surface area contributed by atoms with Gasteiger partial charge in [0, 0.05) is 19.0 Å². The first-order valence-corrected chi connectivity index (χ1v) is 20.6. The van der Waals surface area contributed by atoms with Crippen molar-refractivity contribution in [1.29, 1.82) is 10.5 Å². The number of nitriles is 2. The lowest BCUT2D eigenvalue weighted by Crippen LogP contribution is -2.73. The summed E-state index contributed by atoms with van der Waals surface area (Å²) in [7, 11) is 0. The summed E-state index contributed by atoms with van der Waals surface area (Å²) in [6, 6.07) is 19.4. The van der Waals surface area contributed by atoms with Gasteiger partial charge in [-0.2, -0.15) is 46.5 Å². The summed E-state index contributed by atoms with van der Waals surface area (Å²) >= 11 is 5.58. The zero-order valence-corrected chi connectivity index (χ0v) is 35.7. The molecule has 2 saturated carbocycles. The maximum absolute atomic E-state index is 14.6. The zero-order chi connectivity index (χ0) is 49.9. The van der Waals surface area contributed by atoms with Crippen LogP contribution >= 0.6 is 11.6 Å². The van der Waals surface area contributed by atoms with Gasteiger partial charge in [0.05, 0.1) is 45.8 Å². The first-order valence-electron chi connectivity index (χ1n) is 20.2. The predicted octanol–water partition coefficient (Wildman–Crippen LogP) is 7.44. The lowest BCUT2D eigenvalue weighted by atomic mass is 9.65. The first kappa shape index (κ1) is 49.9. The number of nitrogens with zero attached hydrogens (tertiary/aromatic N) is 6. The largest absolute Gasteiger partial charge is 0.416 e. The fraction of sp³-hybridized carbons (Fsp3) is 0.304. The quantitative estimate of drug-likeness (QED) is 0.134. The van der Waals surface area contributed by atoms with Gasteiger partial charge in [0.1, 0.15) is 35.8 Å². The highest BCUT2D eigenvalue weighted by molar-refractivity contribution is 6.64. The number of benzene rings is 4. The molecule has 2 saturated heterocycles. The minimum Gasteiger partial charge on any atom is -0.322 e. The summed E-state index contributed by atoms with van der Waals surface area (Å²) < 4.78 is 106. The number of halogens is 9. The van der Waals surface area contributed by atoms with Gasteiger partial charge < -0.3 is 9.80 Å². The van der Waals surface area contributed by atoms with Crippen LogP contribution in [0.1, 0.15) is 65.5 Å². The molecule has 352 valence electrons. The van der Waals surface area contributed by atoms with E-state index in [1.807, 2.05) is 6.07 Å². The molecular weight excluding hydrogens is 936 g/mol. The minimum atomic E-state index is -4.52. The average molecular weight is 969 g/mol. The molecule has 2 heterocycles. The fourth-order valence-electron chi connectivity index (χ4n) is 8.52. The van der Waals surface area contributed by atoms with Crippen molar-refractivity contribution in [3.63, 3.8) is 0 Å². The highest BCUT2D eigenvalue weighted by Crippen LogP contribution is 2.49. The van der Waals surface area contributed by atoms with Crippen molar-refractivity contribution in [2.45, 2.75) is 68.6 Å². The number of carbonyl (C=O) groups excluding carboxylic acids is 7. The molecule has 68 heavy (non-hydrogen) atoms. The zero-order valence-electron chi connectivity index (χ0n) is 35.0. The molecule has 2 aliphatic carbocycles. The molecule has 0 bridgehead atoms. The van der Waals surface area contributed by atoms with E-state index in [1.165, 1.54) is 58.3 Å². The van der Waals surface area contributed by atoms with Crippen LogP contribution in [0.3, 0.4) is 0 Å². The van der Waals surface area contributed by atoms with E-state index in [1.54, 1.807) is 6.07 Å². The average Bonchev–Trinajstić information content (AvgIpc) is 3.25. The van der Waals surface area contributed by atoms with Gasteiger partial charge in [-0.25, -0.2) is 8.78 Å². The van der Waals surface area contributed by atoms with Crippen LogP contribution in [0.15, 0.2) is 84.9 Å². The Kier molecular flexibility index (Phi) is 14.2. The van der Waals surface area contributed by atoms with Gasteiger partial charge in [-0.3, -0.25) is 33.8 Å².